The highest BCUT2D eigenvalue weighted by Crippen LogP contribution is 2.26. The first-order chi connectivity index (χ1) is 13.0. The van der Waals surface area contributed by atoms with Crippen LogP contribution in [0.15, 0.2) is 40.4 Å². The molecule has 3 aromatic rings. The van der Waals surface area contributed by atoms with Gasteiger partial charge in [0.2, 0.25) is 5.91 Å². The molecular weight excluding hydrogens is 392 g/mol. The maximum atomic E-state index is 13.4. The Morgan fingerprint density at radius 2 is 2.07 bits per heavy atom. The van der Waals surface area contributed by atoms with E-state index in [9.17, 15) is 18.7 Å². The quantitative estimate of drug-likeness (QED) is 0.597. The number of anilines is 1. The first-order valence-corrected chi connectivity index (χ1v) is 9.92. The van der Waals surface area contributed by atoms with Crippen molar-refractivity contribution < 1.29 is 18.7 Å². The van der Waals surface area contributed by atoms with Crippen molar-refractivity contribution in [3.8, 4) is 11.3 Å². The van der Waals surface area contributed by atoms with Gasteiger partial charge in [-0.3, -0.25) is 9.69 Å². The lowest BCUT2D eigenvalue weighted by Gasteiger charge is -2.19. The molecule has 0 saturated carbocycles. The number of hydrogen-bond donors (Lipinski definition) is 2. The van der Waals surface area contributed by atoms with E-state index in [1.54, 1.807) is 16.7 Å². The fourth-order valence-corrected chi connectivity index (χ4v) is 3.87. The SMILES string of the molecule is O=C(CN(CCO)Cc1ccsc1)Nc1nc(-c2ccc(F)c(F)c2)cs1. The van der Waals surface area contributed by atoms with Gasteiger partial charge in [-0.05, 0) is 40.6 Å². The van der Waals surface area contributed by atoms with Gasteiger partial charge in [-0.2, -0.15) is 11.3 Å². The Hall–Kier alpha value is -2.20. The zero-order valence-corrected chi connectivity index (χ0v) is 15.8. The largest absolute Gasteiger partial charge is 0.395 e. The molecule has 0 aliphatic rings. The number of aromatic nitrogens is 1. The molecule has 0 bridgehead atoms. The Labute approximate surface area is 162 Å². The summed E-state index contributed by atoms with van der Waals surface area (Å²) in [5.41, 5.74) is 1.97. The molecule has 9 heteroatoms. The second-order valence-electron chi connectivity index (χ2n) is 5.78. The number of nitrogens with zero attached hydrogens (tertiary/aromatic N) is 2. The number of amides is 1. The zero-order valence-electron chi connectivity index (χ0n) is 14.2. The lowest BCUT2D eigenvalue weighted by molar-refractivity contribution is -0.117. The highest BCUT2D eigenvalue weighted by atomic mass is 32.1. The number of thiophene rings is 1. The molecule has 142 valence electrons. The van der Waals surface area contributed by atoms with Gasteiger partial charge < -0.3 is 10.4 Å². The first kappa shape index (κ1) is 19.6. The van der Waals surface area contributed by atoms with Gasteiger partial charge in [0.05, 0.1) is 18.8 Å². The molecule has 0 atom stereocenters. The molecular formula is C18H17F2N3O2S2. The molecule has 1 aromatic carbocycles. The minimum absolute atomic E-state index is 0.0467. The summed E-state index contributed by atoms with van der Waals surface area (Å²) in [6.07, 6.45) is 0. The van der Waals surface area contributed by atoms with Crippen LogP contribution in [-0.2, 0) is 11.3 Å². The van der Waals surface area contributed by atoms with Gasteiger partial charge >= 0.3 is 0 Å². The van der Waals surface area contributed by atoms with Crippen LogP contribution < -0.4 is 5.32 Å². The summed E-state index contributed by atoms with van der Waals surface area (Å²) in [6.45, 7) is 1.00. The van der Waals surface area contributed by atoms with Gasteiger partial charge in [0.1, 0.15) is 0 Å². The number of carbonyl (C=O) groups excluding carboxylic acids is 1. The van der Waals surface area contributed by atoms with E-state index in [4.69, 9.17) is 0 Å². The van der Waals surface area contributed by atoms with E-state index in [-0.39, 0.29) is 19.1 Å². The second-order valence-corrected chi connectivity index (χ2v) is 7.42. The molecule has 2 heterocycles. The van der Waals surface area contributed by atoms with Crippen LogP contribution in [0.2, 0.25) is 0 Å². The lowest BCUT2D eigenvalue weighted by atomic mass is 10.2. The Bertz CT molecular complexity index is 900. The van der Waals surface area contributed by atoms with Gasteiger partial charge in [0, 0.05) is 24.0 Å². The van der Waals surface area contributed by atoms with Crippen molar-refractivity contribution in [1.29, 1.82) is 0 Å². The first-order valence-electron chi connectivity index (χ1n) is 8.10. The van der Waals surface area contributed by atoms with E-state index in [0.717, 1.165) is 17.7 Å². The standard InChI is InChI=1S/C18H17F2N3O2S2/c19-14-2-1-13(7-15(14)20)16-11-27-18(21-16)22-17(25)9-23(4-5-24)8-12-3-6-26-10-12/h1-3,6-7,10-11,24H,4-5,8-9H2,(H,21,22,25). The summed E-state index contributed by atoms with van der Waals surface area (Å²) in [7, 11) is 0. The number of aliphatic hydroxyl groups excluding tert-OH is 1. The van der Waals surface area contributed by atoms with E-state index in [1.807, 2.05) is 21.7 Å². The molecule has 3 rings (SSSR count). The molecule has 2 N–H and O–H groups in total. The molecule has 0 radical (unpaired) electrons. The summed E-state index contributed by atoms with van der Waals surface area (Å²) in [5.74, 6) is -2.12. The number of carbonyl (C=O) groups is 1. The molecule has 0 unspecified atom stereocenters. The number of hydrogen-bond acceptors (Lipinski definition) is 6. The molecule has 5 nitrogen and oxygen atoms in total. The minimum Gasteiger partial charge on any atom is -0.395 e. The Morgan fingerprint density at radius 3 is 2.78 bits per heavy atom. The smallest absolute Gasteiger partial charge is 0.240 e. The van der Waals surface area contributed by atoms with Gasteiger partial charge in [-0.1, -0.05) is 0 Å². The van der Waals surface area contributed by atoms with E-state index in [2.05, 4.69) is 10.3 Å². The van der Waals surface area contributed by atoms with Crippen molar-refractivity contribution in [2.24, 2.45) is 0 Å². The zero-order chi connectivity index (χ0) is 19.2. The Morgan fingerprint density at radius 1 is 1.22 bits per heavy atom. The predicted octanol–water partition coefficient (Wildman–Crippen LogP) is 3.58. The van der Waals surface area contributed by atoms with Crippen molar-refractivity contribution in [2.75, 3.05) is 25.0 Å². The van der Waals surface area contributed by atoms with Crippen molar-refractivity contribution in [3.05, 3.63) is 57.6 Å². The fraction of sp³-hybridized carbons (Fsp3) is 0.222. The highest BCUT2D eigenvalue weighted by molar-refractivity contribution is 7.14. The normalized spacial score (nSPS) is 11.1. The summed E-state index contributed by atoms with van der Waals surface area (Å²) in [6, 6.07) is 5.52. The van der Waals surface area contributed by atoms with Gasteiger partial charge in [-0.25, -0.2) is 13.8 Å². The van der Waals surface area contributed by atoms with Crippen LogP contribution in [0.5, 0.6) is 0 Å². The number of halogens is 2. The van der Waals surface area contributed by atoms with Crippen LogP contribution in [0.4, 0.5) is 13.9 Å². The summed E-state index contributed by atoms with van der Waals surface area (Å²) in [5, 5.41) is 17.9. The molecule has 0 fully saturated rings. The third-order valence-corrected chi connectivity index (χ3v) is 5.23. The fourth-order valence-electron chi connectivity index (χ4n) is 2.48. The van der Waals surface area contributed by atoms with E-state index in [0.29, 0.717) is 29.5 Å². The summed E-state index contributed by atoms with van der Waals surface area (Å²) >= 11 is 2.78. The third-order valence-electron chi connectivity index (χ3n) is 3.74. The molecule has 27 heavy (non-hydrogen) atoms. The van der Waals surface area contributed by atoms with Gasteiger partial charge in [-0.15, -0.1) is 11.3 Å². The average Bonchev–Trinajstić information content (AvgIpc) is 3.29. The Balaban J connectivity index is 1.61. The summed E-state index contributed by atoms with van der Waals surface area (Å²) < 4.78 is 26.4. The molecule has 2 aromatic heterocycles. The number of thiazole rings is 1. The number of aliphatic hydroxyl groups is 1. The second kappa shape index (κ2) is 9.14. The number of benzene rings is 1. The molecule has 1 amide bonds. The van der Waals surface area contributed by atoms with Crippen molar-refractivity contribution >= 4 is 33.7 Å². The van der Waals surface area contributed by atoms with Crippen molar-refractivity contribution in [2.45, 2.75) is 6.54 Å². The topological polar surface area (TPSA) is 65.5 Å². The predicted molar refractivity (Wildman–Crippen MR) is 103 cm³/mol. The van der Waals surface area contributed by atoms with Crippen LogP contribution >= 0.6 is 22.7 Å². The lowest BCUT2D eigenvalue weighted by Crippen LogP contribution is -2.34. The summed E-state index contributed by atoms with van der Waals surface area (Å²) in [4.78, 5) is 18.4. The average molecular weight is 409 g/mol. The molecule has 0 aliphatic heterocycles. The van der Waals surface area contributed by atoms with Gasteiger partial charge in [0.15, 0.2) is 16.8 Å². The maximum absolute atomic E-state index is 13.4. The molecule has 0 spiro atoms. The van der Waals surface area contributed by atoms with Crippen LogP contribution in [0.1, 0.15) is 5.56 Å². The van der Waals surface area contributed by atoms with E-state index >= 15 is 0 Å². The van der Waals surface area contributed by atoms with Crippen LogP contribution in [0.3, 0.4) is 0 Å². The Kier molecular flexibility index (Phi) is 6.62. The van der Waals surface area contributed by atoms with E-state index < -0.39 is 11.6 Å². The van der Waals surface area contributed by atoms with Crippen LogP contribution in [0, 0.1) is 11.6 Å². The number of rotatable bonds is 8. The monoisotopic (exact) mass is 409 g/mol. The maximum Gasteiger partial charge on any atom is 0.240 e. The van der Waals surface area contributed by atoms with Crippen LogP contribution in [0.25, 0.3) is 11.3 Å². The number of nitrogens with one attached hydrogen (secondary N) is 1. The highest BCUT2D eigenvalue weighted by Gasteiger charge is 2.14. The van der Waals surface area contributed by atoms with E-state index in [1.165, 1.54) is 17.4 Å². The minimum atomic E-state index is -0.945. The molecule has 0 saturated heterocycles. The molecule has 0 aliphatic carbocycles. The van der Waals surface area contributed by atoms with Crippen molar-refractivity contribution in [3.63, 3.8) is 0 Å². The van der Waals surface area contributed by atoms with Crippen molar-refractivity contribution in [1.82, 2.24) is 9.88 Å². The van der Waals surface area contributed by atoms with Crippen LogP contribution in [-0.4, -0.2) is 40.6 Å². The third kappa shape index (κ3) is 5.39. The van der Waals surface area contributed by atoms with Gasteiger partial charge in [0.25, 0.3) is 0 Å².